The third-order valence-electron chi connectivity index (χ3n) is 4.24. The summed E-state index contributed by atoms with van der Waals surface area (Å²) in [6.07, 6.45) is 4.49. The third-order valence-corrected chi connectivity index (χ3v) is 4.87. The lowest BCUT2D eigenvalue weighted by Crippen LogP contribution is -2.41. The van der Waals surface area contributed by atoms with Gasteiger partial charge in [-0.2, -0.15) is 0 Å². The molecule has 1 fully saturated rings. The van der Waals surface area contributed by atoms with Crippen LogP contribution in [0, 0.1) is 0 Å². The van der Waals surface area contributed by atoms with Crippen LogP contribution in [0.1, 0.15) is 38.2 Å². The highest BCUT2D eigenvalue weighted by molar-refractivity contribution is 9.10. The minimum absolute atomic E-state index is 0.0118. The van der Waals surface area contributed by atoms with Gasteiger partial charge >= 0.3 is 6.09 Å². The summed E-state index contributed by atoms with van der Waals surface area (Å²) in [4.78, 5) is 12.9. The second kappa shape index (κ2) is 5.28. The van der Waals surface area contributed by atoms with Gasteiger partial charge in [-0.3, -0.25) is 4.90 Å². The molecule has 0 aromatic heterocycles. The zero-order valence-corrected chi connectivity index (χ0v) is 13.0. The average molecular weight is 340 g/mol. The fourth-order valence-electron chi connectivity index (χ4n) is 2.85. The van der Waals surface area contributed by atoms with Crippen LogP contribution in [0.25, 0.3) is 0 Å². The zero-order chi connectivity index (χ0) is 14.3. The van der Waals surface area contributed by atoms with Gasteiger partial charge in [0.1, 0.15) is 5.75 Å². The fraction of sp³-hybridized carbons (Fsp3) is 0.533. The first kappa shape index (κ1) is 13.7. The first-order valence-corrected chi connectivity index (χ1v) is 7.87. The molecule has 0 unspecified atom stereocenters. The van der Waals surface area contributed by atoms with Gasteiger partial charge < -0.3 is 9.84 Å². The number of carboxylic acid groups (broad SMARTS) is 1. The molecular weight excluding hydrogens is 322 g/mol. The summed E-state index contributed by atoms with van der Waals surface area (Å²) in [7, 11) is 0. The Morgan fingerprint density at radius 3 is 2.75 bits per heavy atom. The molecule has 5 heteroatoms. The minimum Gasteiger partial charge on any atom is -0.489 e. The summed E-state index contributed by atoms with van der Waals surface area (Å²) in [5.74, 6) is 0.838. The van der Waals surface area contributed by atoms with Crippen molar-refractivity contribution in [3.8, 4) is 5.75 Å². The number of hydrogen-bond acceptors (Lipinski definition) is 2. The Bertz CT molecular complexity index is 542. The van der Waals surface area contributed by atoms with Crippen molar-refractivity contribution in [1.82, 2.24) is 0 Å². The normalized spacial score (nSPS) is 22.1. The average Bonchev–Trinajstić information content (AvgIpc) is 2.35. The molecule has 0 saturated heterocycles. The molecule has 0 radical (unpaired) electrons. The fourth-order valence-corrected chi connectivity index (χ4v) is 3.32. The van der Waals surface area contributed by atoms with E-state index in [1.165, 1.54) is 11.3 Å². The second-order valence-corrected chi connectivity index (χ2v) is 6.44. The number of rotatable bonds is 2. The summed E-state index contributed by atoms with van der Waals surface area (Å²) in [5.41, 5.74) is 1.79. The van der Waals surface area contributed by atoms with Gasteiger partial charge in [-0.25, -0.2) is 4.79 Å². The predicted molar refractivity (Wildman–Crippen MR) is 80.7 cm³/mol. The number of halogens is 1. The molecule has 1 atom stereocenters. The highest BCUT2D eigenvalue weighted by atomic mass is 79.9. The van der Waals surface area contributed by atoms with Crippen molar-refractivity contribution in [1.29, 1.82) is 0 Å². The van der Waals surface area contributed by atoms with Crippen LogP contribution < -0.4 is 9.64 Å². The summed E-state index contributed by atoms with van der Waals surface area (Å²) < 4.78 is 7.00. The van der Waals surface area contributed by atoms with Crippen LogP contribution in [0.3, 0.4) is 0 Å². The number of benzene rings is 1. The number of amides is 1. The third kappa shape index (κ3) is 2.28. The highest BCUT2D eigenvalue weighted by Crippen LogP contribution is 2.42. The lowest BCUT2D eigenvalue weighted by Gasteiger charge is -2.35. The highest BCUT2D eigenvalue weighted by Gasteiger charge is 2.32. The van der Waals surface area contributed by atoms with Gasteiger partial charge in [0.25, 0.3) is 0 Å². The lowest BCUT2D eigenvalue weighted by molar-refractivity contribution is 0.118. The van der Waals surface area contributed by atoms with Gasteiger partial charge in [0.15, 0.2) is 0 Å². The van der Waals surface area contributed by atoms with Crippen molar-refractivity contribution in [3.05, 3.63) is 22.2 Å². The van der Waals surface area contributed by atoms with Gasteiger partial charge in [-0.05, 0) is 67.1 Å². The van der Waals surface area contributed by atoms with Crippen LogP contribution in [0.5, 0.6) is 5.75 Å². The van der Waals surface area contributed by atoms with Gasteiger partial charge in [-0.15, -0.1) is 0 Å². The van der Waals surface area contributed by atoms with E-state index in [4.69, 9.17) is 4.74 Å². The van der Waals surface area contributed by atoms with Gasteiger partial charge in [0, 0.05) is 11.6 Å². The van der Waals surface area contributed by atoms with E-state index in [1.807, 2.05) is 19.1 Å². The molecule has 20 heavy (non-hydrogen) atoms. The van der Waals surface area contributed by atoms with Crippen LogP contribution in [0.2, 0.25) is 0 Å². The lowest BCUT2D eigenvalue weighted by atomic mass is 9.94. The summed E-state index contributed by atoms with van der Waals surface area (Å²) >= 11 is 3.54. The number of hydrogen-bond donors (Lipinski definition) is 1. The topological polar surface area (TPSA) is 49.8 Å². The van der Waals surface area contributed by atoms with Gasteiger partial charge in [0.05, 0.1) is 16.3 Å². The Hall–Kier alpha value is -1.23. The van der Waals surface area contributed by atoms with Crippen LogP contribution in [-0.4, -0.2) is 23.3 Å². The molecule has 1 N–H and O–H groups in total. The quantitative estimate of drug-likeness (QED) is 0.878. The van der Waals surface area contributed by atoms with Crippen molar-refractivity contribution in [3.63, 3.8) is 0 Å². The molecule has 1 aromatic carbocycles. The van der Waals surface area contributed by atoms with Crippen molar-refractivity contribution in [2.45, 2.75) is 51.2 Å². The first-order valence-electron chi connectivity index (χ1n) is 7.08. The van der Waals surface area contributed by atoms with E-state index in [0.717, 1.165) is 47.2 Å². The zero-order valence-electron chi connectivity index (χ0n) is 11.4. The van der Waals surface area contributed by atoms with Crippen molar-refractivity contribution >= 4 is 27.7 Å². The maximum atomic E-state index is 11.5. The van der Waals surface area contributed by atoms with E-state index in [1.54, 1.807) is 0 Å². The van der Waals surface area contributed by atoms with Crippen LogP contribution in [0.4, 0.5) is 10.5 Å². The molecule has 0 spiro atoms. The summed E-state index contributed by atoms with van der Waals surface area (Å²) in [6.45, 7) is 1.95. The molecule has 2 aliphatic rings. The molecular formula is C15H18BrNO3. The molecule has 3 rings (SSSR count). The Kier molecular flexibility index (Phi) is 3.63. The van der Waals surface area contributed by atoms with Crippen molar-refractivity contribution in [2.75, 3.05) is 4.90 Å². The first-order chi connectivity index (χ1) is 9.58. The molecule has 1 amide bonds. The summed E-state index contributed by atoms with van der Waals surface area (Å²) in [5, 5.41) is 9.43. The van der Waals surface area contributed by atoms with Crippen molar-refractivity contribution < 1.29 is 14.6 Å². The van der Waals surface area contributed by atoms with E-state index in [0.29, 0.717) is 0 Å². The molecule has 1 aliphatic carbocycles. The van der Waals surface area contributed by atoms with E-state index < -0.39 is 6.09 Å². The standard InChI is InChI=1S/C15H18BrNO3/c1-9-5-6-11-13(17(9)15(18)19)8-7-12(16)14(11)20-10-3-2-4-10/h7-10H,2-6H2,1H3,(H,18,19)/t9-/m0/s1. The van der Waals surface area contributed by atoms with E-state index in [-0.39, 0.29) is 12.1 Å². The Balaban J connectivity index is 2.01. The Morgan fingerprint density at radius 2 is 2.15 bits per heavy atom. The monoisotopic (exact) mass is 339 g/mol. The molecule has 1 heterocycles. The SMILES string of the molecule is C[C@H]1CCc2c(ccc(Br)c2OC2CCC2)N1C(=O)O. The number of fused-ring (bicyclic) bond motifs is 1. The number of anilines is 1. The Morgan fingerprint density at radius 1 is 1.40 bits per heavy atom. The Labute approximate surface area is 126 Å². The minimum atomic E-state index is -0.893. The number of carbonyl (C=O) groups is 1. The van der Waals surface area contributed by atoms with Crippen LogP contribution in [-0.2, 0) is 6.42 Å². The van der Waals surface area contributed by atoms with Crippen LogP contribution >= 0.6 is 15.9 Å². The maximum absolute atomic E-state index is 11.5. The molecule has 1 aliphatic heterocycles. The van der Waals surface area contributed by atoms with Gasteiger partial charge in [0.2, 0.25) is 0 Å². The number of nitrogens with zero attached hydrogens (tertiary/aromatic N) is 1. The van der Waals surface area contributed by atoms with E-state index >= 15 is 0 Å². The van der Waals surface area contributed by atoms with E-state index in [2.05, 4.69) is 15.9 Å². The van der Waals surface area contributed by atoms with Gasteiger partial charge in [-0.1, -0.05) is 0 Å². The number of ether oxygens (including phenoxy) is 1. The molecule has 108 valence electrons. The second-order valence-electron chi connectivity index (χ2n) is 5.59. The smallest absolute Gasteiger partial charge is 0.412 e. The largest absolute Gasteiger partial charge is 0.489 e. The van der Waals surface area contributed by atoms with Crippen molar-refractivity contribution in [2.24, 2.45) is 0 Å². The molecule has 0 bridgehead atoms. The predicted octanol–water partition coefficient (Wildman–Crippen LogP) is 4.20. The molecule has 4 nitrogen and oxygen atoms in total. The molecule has 1 aromatic rings. The van der Waals surface area contributed by atoms with E-state index in [9.17, 15) is 9.90 Å². The van der Waals surface area contributed by atoms with Crippen LogP contribution in [0.15, 0.2) is 16.6 Å². The molecule has 1 saturated carbocycles. The summed E-state index contributed by atoms with van der Waals surface area (Å²) in [6, 6.07) is 3.77. The maximum Gasteiger partial charge on any atom is 0.412 e.